The van der Waals surface area contributed by atoms with E-state index in [9.17, 15) is 8.42 Å². The molecule has 1 aliphatic rings. The maximum absolute atomic E-state index is 12.0. The summed E-state index contributed by atoms with van der Waals surface area (Å²) in [7, 11) is -3.16. The van der Waals surface area contributed by atoms with Crippen LogP contribution in [0.15, 0.2) is 21.5 Å². The highest BCUT2D eigenvalue weighted by Gasteiger charge is 2.31. The summed E-state index contributed by atoms with van der Waals surface area (Å²) in [6.07, 6.45) is 0. The third-order valence-corrected chi connectivity index (χ3v) is 5.39. The normalized spacial score (nSPS) is 23.0. The van der Waals surface area contributed by atoms with Crippen LogP contribution in [-0.2, 0) is 9.84 Å². The van der Waals surface area contributed by atoms with Crippen LogP contribution < -0.4 is 5.32 Å². The van der Waals surface area contributed by atoms with Gasteiger partial charge in [0, 0.05) is 11.0 Å². The highest BCUT2D eigenvalue weighted by atomic mass is 79.9. The Bertz CT molecular complexity index is 510. The summed E-state index contributed by atoms with van der Waals surface area (Å²) in [5.74, 6) is 0. The van der Waals surface area contributed by atoms with Gasteiger partial charge in [-0.3, -0.25) is 0 Å². The van der Waals surface area contributed by atoms with E-state index in [2.05, 4.69) is 21.2 Å². The largest absolute Gasteiger partial charge is 0.382 e. The van der Waals surface area contributed by atoms with Gasteiger partial charge in [-0.15, -0.1) is 0 Å². The Morgan fingerprint density at radius 2 is 2.13 bits per heavy atom. The van der Waals surface area contributed by atoms with Crippen molar-refractivity contribution in [3.05, 3.63) is 22.2 Å². The van der Waals surface area contributed by atoms with Gasteiger partial charge in [-0.25, -0.2) is 8.42 Å². The fraction of sp³-hybridized carbons (Fsp3) is 0.400. The third kappa shape index (κ3) is 1.67. The first-order valence-electron chi connectivity index (χ1n) is 4.71. The van der Waals surface area contributed by atoms with Crippen LogP contribution in [0, 0.1) is 6.92 Å². The molecule has 0 fully saturated rings. The summed E-state index contributed by atoms with van der Waals surface area (Å²) in [6.45, 7) is 4.08. The molecule has 0 spiro atoms. The van der Waals surface area contributed by atoms with E-state index >= 15 is 0 Å². The Balaban J connectivity index is 2.75. The van der Waals surface area contributed by atoms with Crippen LogP contribution in [-0.4, -0.2) is 20.2 Å². The molecule has 1 aromatic carbocycles. The average Bonchev–Trinajstić information content (AvgIpc) is 2.12. The highest BCUT2D eigenvalue weighted by Crippen LogP contribution is 2.36. The molecule has 1 aromatic rings. The first-order valence-corrected chi connectivity index (χ1v) is 7.05. The lowest BCUT2D eigenvalue weighted by Gasteiger charge is -2.25. The molecule has 0 bridgehead atoms. The predicted molar refractivity (Wildman–Crippen MR) is 64.0 cm³/mol. The molecule has 0 saturated carbocycles. The smallest absolute Gasteiger partial charge is 0.184 e. The molecule has 2 rings (SSSR count). The maximum Gasteiger partial charge on any atom is 0.184 e. The summed E-state index contributed by atoms with van der Waals surface area (Å²) in [5, 5.41) is 2.78. The van der Waals surface area contributed by atoms with Crippen LogP contribution in [0.2, 0.25) is 0 Å². The van der Waals surface area contributed by atoms with E-state index < -0.39 is 9.84 Å². The second-order valence-corrected chi connectivity index (χ2v) is 7.05. The van der Waals surface area contributed by atoms with E-state index in [-0.39, 0.29) is 5.25 Å². The average molecular weight is 290 g/mol. The van der Waals surface area contributed by atoms with Gasteiger partial charge in [-0.2, -0.15) is 0 Å². The van der Waals surface area contributed by atoms with Crippen LogP contribution >= 0.6 is 15.9 Å². The van der Waals surface area contributed by atoms with Crippen LogP contribution in [0.3, 0.4) is 0 Å². The number of benzene rings is 1. The zero-order valence-corrected chi connectivity index (χ0v) is 10.9. The van der Waals surface area contributed by atoms with Crippen LogP contribution in [0.4, 0.5) is 5.69 Å². The number of halogens is 1. The minimum absolute atomic E-state index is 0.362. The van der Waals surface area contributed by atoms with Gasteiger partial charge < -0.3 is 5.32 Å². The van der Waals surface area contributed by atoms with E-state index in [1.165, 1.54) is 0 Å². The molecular weight excluding hydrogens is 278 g/mol. The fourth-order valence-corrected chi connectivity index (χ4v) is 4.08. The summed E-state index contributed by atoms with van der Waals surface area (Å²) in [5.41, 5.74) is 1.64. The minimum Gasteiger partial charge on any atom is -0.382 e. The summed E-state index contributed by atoms with van der Waals surface area (Å²) < 4.78 is 24.9. The summed E-state index contributed by atoms with van der Waals surface area (Å²) in [4.78, 5) is 0.410. The third-order valence-electron chi connectivity index (χ3n) is 2.60. The zero-order valence-electron chi connectivity index (χ0n) is 8.54. The topological polar surface area (TPSA) is 46.2 Å². The first-order chi connectivity index (χ1) is 6.93. The van der Waals surface area contributed by atoms with Crippen LogP contribution in [0.5, 0.6) is 0 Å². The molecule has 15 heavy (non-hydrogen) atoms. The van der Waals surface area contributed by atoms with Crippen molar-refractivity contribution < 1.29 is 8.42 Å². The van der Waals surface area contributed by atoms with Crippen molar-refractivity contribution in [2.45, 2.75) is 24.0 Å². The van der Waals surface area contributed by atoms with Gasteiger partial charge in [-0.1, -0.05) is 0 Å². The molecule has 3 nitrogen and oxygen atoms in total. The first kappa shape index (κ1) is 11.0. The quantitative estimate of drug-likeness (QED) is 0.797. The summed E-state index contributed by atoms with van der Waals surface area (Å²) >= 11 is 3.38. The number of sulfone groups is 1. The molecule has 0 saturated heterocycles. The molecule has 1 heterocycles. The van der Waals surface area contributed by atoms with Gasteiger partial charge in [0.1, 0.15) is 0 Å². The lowest BCUT2D eigenvalue weighted by Crippen LogP contribution is -2.32. The Morgan fingerprint density at radius 1 is 1.47 bits per heavy atom. The second kappa shape index (κ2) is 3.49. The predicted octanol–water partition coefficient (Wildman–Crippen LogP) is 2.35. The molecule has 82 valence electrons. The van der Waals surface area contributed by atoms with Gasteiger partial charge in [0.15, 0.2) is 9.84 Å². The number of aryl methyl sites for hydroxylation is 1. The number of hydrogen-bond donors (Lipinski definition) is 1. The fourth-order valence-electron chi connectivity index (χ4n) is 1.68. The standard InChI is InChI=1S/C10H12BrNO2S/c1-6-3-8(11)10-9(4-6)15(13,14)7(2)5-12-10/h3-4,7,12H,5H2,1-2H3. The number of rotatable bonds is 0. The second-order valence-electron chi connectivity index (χ2n) is 3.86. The Hall–Kier alpha value is -0.550. The maximum atomic E-state index is 12.0. The minimum atomic E-state index is -3.16. The van der Waals surface area contributed by atoms with Gasteiger partial charge in [0.2, 0.25) is 0 Å². The molecule has 0 aliphatic carbocycles. The molecule has 0 radical (unpaired) electrons. The molecule has 1 atom stereocenters. The van der Waals surface area contributed by atoms with E-state index in [1.54, 1.807) is 13.0 Å². The van der Waals surface area contributed by atoms with E-state index in [0.717, 1.165) is 10.0 Å². The van der Waals surface area contributed by atoms with Crippen LogP contribution in [0.1, 0.15) is 12.5 Å². The Morgan fingerprint density at radius 3 is 2.80 bits per heavy atom. The number of fused-ring (bicyclic) bond motifs is 1. The van der Waals surface area contributed by atoms with Crippen molar-refractivity contribution in [1.82, 2.24) is 0 Å². The number of anilines is 1. The molecule has 0 aromatic heterocycles. The highest BCUT2D eigenvalue weighted by molar-refractivity contribution is 9.10. The van der Waals surface area contributed by atoms with E-state index in [4.69, 9.17) is 0 Å². The van der Waals surface area contributed by atoms with E-state index in [0.29, 0.717) is 17.1 Å². The van der Waals surface area contributed by atoms with Crippen molar-refractivity contribution in [1.29, 1.82) is 0 Å². The Kier molecular flexibility index (Phi) is 2.55. The molecule has 0 amide bonds. The molecule has 5 heteroatoms. The van der Waals surface area contributed by atoms with E-state index in [1.807, 2.05) is 13.0 Å². The monoisotopic (exact) mass is 289 g/mol. The summed E-state index contributed by atoms with van der Waals surface area (Å²) in [6, 6.07) is 3.63. The molecule has 1 unspecified atom stereocenters. The SMILES string of the molecule is Cc1cc(Br)c2c(c1)S(=O)(=O)C(C)CN2. The van der Waals surface area contributed by atoms with Crippen LogP contribution in [0.25, 0.3) is 0 Å². The molecular formula is C10H12BrNO2S. The zero-order chi connectivity index (χ0) is 11.2. The molecule has 1 aliphatic heterocycles. The van der Waals surface area contributed by atoms with Gasteiger partial charge >= 0.3 is 0 Å². The van der Waals surface area contributed by atoms with Crippen molar-refractivity contribution in [3.63, 3.8) is 0 Å². The van der Waals surface area contributed by atoms with Gasteiger partial charge in [0.05, 0.1) is 15.8 Å². The Labute approximate surface area is 97.9 Å². The van der Waals surface area contributed by atoms with Crippen molar-refractivity contribution in [2.24, 2.45) is 0 Å². The van der Waals surface area contributed by atoms with Gasteiger partial charge in [-0.05, 0) is 47.5 Å². The number of hydrogen-bond acceptors (Lipinski definition) is 3. The number of nitrogens with one attached hydrogen (secondary N) is 1. The van der Waals surface area contributed by atoms with Crippen molar-refractivity contribution in [3.8, 4) is 0 Å². The molecule has 1 N–H and O–H groups in total. The lowest BCUT2D eigenvalue weighted by atomic mass is 10.2. The van der Waals surface area contributed by atoms with Gasteiger partial charge in [0.25, 0.3) is 0 Å². The lowest BCUT2D eigenvalue weighted by molar-refractivity contribution is 0.582. The van der Waals surface area contributed by atoms with Crippen molar-refractivity contribution in [2.75, 3.05) is 11.9 Å². The van der Waals surface area contributed by atoms with Crippen molar-refractivity contribution >= 4 is 31.5 Å².